The molecular formula is C15H23N3O4S. The molecule has 8 heteroatoms. The average molecular weight is 341 g/mol. The van der Waals surface area contributed by atoms with Crippen molar-refractivity contribution in [1.29, 1.82) is 0 Å². The van der Waals surface area contributed by atoms with E-state index >= 15 is 0 Å². The van der Waals surface area contributed by atoms with Gasteiger partial charge in [0, 0.05) is 13.1 Å². The zero-order valence-corrected chi connectivity index (χ0v) is 14.6. The van der Waals surface area contributed by atoms with Crippen LogP contribution in [0.2, 0.25) is 0 Å². The highest BCUT2D eigenvalue weighted by atomic mass is 32.2. The molecule has 0 bridgehead atoms. The smallest absolute Gasteiger partial charge is 0.314 e. The molecule has 2 amide bonds. The maximum Gasteiger partial charge on any atom is 0.314 e. The zero-order valence-electron chi connectivity index (χ0n) is 13.8. The van der Waals surface area contributed by atoms with Crippen molar-refractivity contribution in [2.75, 3.05) is 20.2 Å². The maximum atomic E-state index is 12.7. The topological polar surface area (TPSA) is 102 Å². The Balaban J connectivity index is 2.28. The monoisotopic (exact) mass is 341 g/mol. The molecule has 23 heavy (non-hydrogen) atoms. The summed E-state index contributed by atoms with van der Waals surface area (Å²) in [5.74, 6) is 0.509. The first-order valence-electron chi connectivity index (χ1n) is 7.41. The minimum atomic E-state index is -3.74. The van der Waals surface area contributed by atoms with Gasteiger partial charge in [0.2, 0.25) is 10.0 Å². The van der Waals surface area contributed by atoms with Crippen LogP contribution in [0.5, 0.6) is 5.75 Å². The number of hydrogen-bond donors (Lipinski definition) is 2. The second-order valence-electron chi connectivity index (χ2n) is 6.08. The molecule has 2 rings (SSSR count). The molecular weight excluding hydrogens is 318 g/mol. The number of amides is 2. The number of ether oxygens (including phenoxy) is 1. The summed E-state index contributed by atoms with van der Waals surface area (Å²) in [6.07, 6.45) is 0. The molecule has 0 spiro atoms. The number of benzene rings is 1. The number of likely N-dealkylation sites (tertiary alicyclic amines) is 1. The van der Waals surface area contributed by atoms with Gasteiger partial charge in [-0.15, -0.1) is 0 Å². The SMILES string of the molecule is COc1cc(C)c(C(C)C)cc1S(=O)(=O)NC1CN(C(N)=O)C1. The Morgan fingerprint density at radius 3 is 2.48 bits per heavy atom. The van der Waals surface area contributed by atoms with Crippen LogP contribution >= 0.6 is 0 Å². The quantitative estimate of drug-likeness (QED) is 0.839. The van der Waals surface area contributed by atoms with Crippen molar-refractivity contribution in [3.63, 3.8) is 0 Å². The molecule has 0 atom stereocenters. The van der Waals surface area contributed by atoms with E-state index in [4.69, 9.17) is 10.5 Å². The van der Waals surface area contributed by atoms with E-state index in [1.54, 1.807) is 12.1 Å². The lowest BCUT2D eigenvalue weighted by atomic mass is 9.98. The second kappa shape index (κ2) is 6.37. The van der Waals surface area contributed by atoms with Crippen LogP contribution in [0, 0.1) is 6.92 Å². The molecule has 1 aromatic carbocycles. The van der Waals surface area contributed by atoms with Crippen molar-refractivity contribution < 1.29 is 17.9 Å². The van der Waals surface area contributed by atoms with Crippen molar-refractivity contribution in [2.24, 2.45) is 5.73 Å². The Hall–Kier alpha value is -1.80. The molecule has 0 aromatic heterocycles. The molecule has 128 valence electrons. The normalized spacial score (nSPS) is 15.6. The Morgan fingerprint density at radius 2 is 2.00 bits per heavy atom. The van der Waals surface area contributed by atoms with Gasteiger partial charge in [0.25, 0.3) is 0 Å². The fourth-order valence-corrected chi connectivity index (χ4v) is 4.09. The van der Waals surface area contributed by atoms with Crippen LogP contribution in [-0.4, -0.2) is 45.6 Å². The van der Waals surface area contributed by atoms with Crippen LogP contribution in [0.1, 0.15) is 30.9 Å². The number of nitrogens with one attached hydrogen (secondary N) is 1. The Kier molecular flexibility index (Phi) is 4.86. The van der Waals surface area contributed by atoms with Crippen molar-refractivity contribution in [3.8, 4) is 5.75 Å². The van der Waals surface area contributed by atoms with Crippen molar-refractivity contribution in [1.82, 2.24) is 9.62 Å². The fraction of sp³-hybridized carbons (Fsp3) is 0.533. The summed E-state index contributed by atoms with van der Waals surface area (Å²) in [5, 5.41) is 0. The summed E-state index contributed by atoms with van der Waals surface area (Å²) in [6, 6.07) is 2.52. The number of methoxy groups -OCH3 is 1. The van der Waals surface area contributed by atoms with Gasteiger partial charge in [-0.1, -0.05) is 13.8 Å². The van der Waals surface area contributed by atoms with E-state index in [2.05, 4.69) is 4.72 Å². The first-order valence-corrected chi connectivity index (χ1v) is 8.89. The third-order valence-electron chi connectivity index (χ3n) is 3.98. The molecule has 1 aliphatic rings. The number of urea groups is 1. The van der Waals surface area contributed by atoms with Gasteiger partial charge in [-0.2, -0.15) is 0 Å². The number of aryl methyl sites for hydroxylation is 1. The van der Waals surface area contributed by atoms with E-state index in [-0.39, 0.29) is 29.9 Å². The summed E-state index contributed by atoms with van der Waals surface area (Å²) >= 11 is 0. The number of rotatable bonds is 5. The third kappa shape index (κ3) is 3.59. The Morgan fingerprint density at radius 1 is 1.39 bits per heavy atom. The summed E-state index contributed by atoms with van der Waals surface area (Å²) in [5.41, 5.74) is 7.08. The van der Waals surface area contributed by atoms with E-state index in [1.807, 2.05) is 20.8 Å². The lowest BCUT2D eigenvalue weighted by Crippen LogP contribution is -2.62. The molecule has 3 N–H and O–H groups in total. The van der Waals surface area contributed by atoms with Gasteiger partial charge in [0.15, 0.2) is 0 Å². The van der Waals surface area contributed by atoms with E-state index in [1.165, 1.54) is 12.0 Å². The predicted molar refractivity (Wildman–Crippen MR) is 87.1 cm³/mol. The van der Waals surface area contributed by atoms with Gasteiger partial charge in [-0.3, -0.25) is 0 Å². The van der Waals surface area contributed by atoms with E-state index in [0.717, 1.165) is 11.1 Å². The zero-order chi connectivity index (χ0) is 17.4. The number of carbonyl (C=O) groups excluding carboxylic acids is 1. The number of primary amides is 1. The van der Waals surface area contributed by atoms with Gasteiger partial charge in [-0.25, -0.2) is 17.9 Å². The largest absolute Gasteiger partial charge is 0.495 e. The second-order valence-corrected chi connectivity index (χ2v) is 7.76. The highest BCUT2D eigenvalue weighted by Gasteiger charge is 2.34. The number of nitrogens with zero attached hydrogens (tertiary/aromatic N) is 1. The van der Waals surface area contributed by atoms with Gasteiger partial charge in [0.1, 0.15) is 10.6 Å². The molecule has 1 fully saturated rings. The van der Waals surface area contributed by atoms with Crippen LogP contribution in [0.3, 0.4) is 0 Å². The van der Waals surface area contributed by atoms with Crippen molar-refractivity contribution in [3.05, 3.63) is 23.3 Å². The number of nitrogens with two attached hydrogens (primary N) is 1. The molecule has 1 aliphatic heterocycles. The number of carbonyl (C=O) groups is 1. The molecule has 1 aromatic rings. The van der Waals surface area contributed by atoms with E-state index in [9.17, 15) is 13.2 Å². The Bertz CT molecular complexity index is 710. The third-order valence-corrected chi connectivity index (χ3v) is 5.52. The lowest BCUT2D eigenvalue weighted by molar-refractivity contribution is 0.155. The average Bonchev–Trinajstić information content (AvgIpc) is 2.40. The minimum Gasteiger partial charge on any atom is -0.495 e. The molecule has 7 nitrogen and oxygen atoms in total. The van der Waals surface area contributed by atoms with Crippen LogP contribution < -0.4 is 15.2 Å². The molecule has 0 aliphatic carbocycles. The van der Waals surface area contributed by atoms with E-state index < -0.39 is 16.1 Å². The number of sulfonamides is 1. The van der Waals surface area contributed by atoms with Gasteiger partial charge in [0.05, 0.1) is 13.2 Å². The first kappa shape index (κ1) is 17.6. The van der Waals surface area contributed by atoms with Gasteiger partial charge >= 0.3 is 6.03 Å². The molecule has 1 heterocycles. The van der Waals surface area contributed by atoms with Crippen LogP contribution in [0.25, 0.3) is 0 Å². The molecule has 0 saturated carbocycles. The van der Waals surface area contributed by atoms with Gasteiger partial charge in [-0.05, 0) is 36.1 Å². The van der Waals surface area contributed by atoms with Crippen LogP contribution in [0.4, 0.5) is 4.79 Å². The maximum absolute atomic E-state index is 12.7. The minimum absolute atomic E-state index is 0.117. The van der Waals surface area contributed by atoms with Crippen molar-refractivity contribution >= 4 is 16.1 Å². The summed E-state index contributed by atoms with van der Waals surface area (Å²) in [7, 11) is -2.29. The first-order chi connectivity index (χ1) is 10.7. The molecule has 0 radical (unpaired) electrons. The summed E-state index contributed by atoms with van der Waals surface area (Å²) in [6.45, 7) is 6.50. The van der Waals surface area contributed by atoms with Crippen molar-refractivity contribution in [2.45, 2.75) is 37.6 Å². The van der Waals surface area contributed by atoms with Crippen LogP contribution in [-0.2, 0) is 10.0 Å². The number of hydrogen-bond acceptors (Lipinski definition) is 4. The summed E-state index contributed by atoms with van der Waals surface area (Å²) < 4.78 is 33.1. The van der Waals surface area contributed by atoms with E-state index in [0.29, 0.717) is 5.75 Å². The lowest BCUT2D eigenvalue weighted by Gasteiger charge is -2.38. The highest BCUT2D eigenvalue weighted by Crippen LogP contribution is 2.31. The highest BCUT2D eigenvalue weighted by molar-refractivity contribution is 7.89. The Labute approximate surface area is 136 Å². The summed E-state index contributed by atoms with van der Waals surface area (Å²) in [4.78, 5) is 12.5. The predicted octanol–water partition coefficient (Wildman–Crippen LogP) is 1.17. The standard InChI is InChI=1S/C15H23N3O4S/c1-9(2)12-6-14(13(22-4)5-10(12)3)23(20,21)17-11-7-18(8-11)15(16)19/h5-6,9,11,17H,7-8H2,1-4H3,(H2,16,19). The van der Waals surface area contributed by atoms with Crippen LogP contribution in [0.15, 0.2) is 17.0 Å². The molecule has 1 saturated heterocycles. The van der Waals surface area contributed by atoms with Gasteiger partial charge < -0.3 is 15.4 Å². The fourth-order valence-electron chi connectivity index (χ4n) is 2.68. The molecule has 0 unspecified atom stereocenters.